The minimum Gasteiger partial charge on any atom is -0.265 e. The van der Waals surface area contributed by atoms with Gasteiger partial charge in [0.1, 0.15) is 5.52 Å². The van der Waals surface area contributed by atoms with Crippen molar-refractivity contribution < 1.29 is 0 Å². The number of fused-ring (bicyclic) bond motifs is 1. The van der Waals surface area contributed by atoms with E-state index in [1.54, 1.807) is 10.9 Å². The first-order valence-electron chi connectivity index (χ1n) is 8.71. The van der Waals surface area contributed by atoms with Gasteiger partial charge < -0.3 is 0 Å². The maximum atomic E-state index is 13.2. The molecule has 6 heteroatoms. The number of benzene rings is 2. The third kappa shape index (κ3) is 3.21. The number of hydrogen-bond donors (Lipinski definition) is 0. The third-order valence-electron chi connectivity index (χ3n) is 4.85. The molecular weight excluding hydrogens is 404 g/mol. The van der Waals surface area contributed by atoms with Gasteiger partial charge in [0.2, 0.25) is 0 Å². The molecule has 0 fully saturated rings. The fourth-order valence-electron chi connectivity index (χ4n) is 3.14. The molecule has 27 heavy (non-hydrogen) atoms. The first kappa shape index (κ1) is 17.7. The van der Waals surface area contributed by atoms with E-state index >= 15 is 0 Å². The van der Waals surface area contributed by atoms with E-state index in [9.17, 15) is 4.79 Å². The molecule has 4 rings (SSSR count). The lowest BCUT2D eigenvalue weighted by Crippen LogP contribution is -2.26. The smallest absolute Gasteiger partial charge is 0.265 e. The first-order valence-corrected chi connectivity index (χ1v) is 9.51. The van der Waals surface area contributed by atoms with Crippen molar-refractivity contribution in [3.8, 4) is 5.69 Å². The van der Waals surface area contributed by atoms with Crippen molar-refractivity contribution in [2.75, 3.05) is 0 Å². The molecule has 0 aliphatic heterocycles. The summed E-state index contributed by atoms with van der Waals surface area (Å²) in [5.74, 6) is 0. The number of nitrogens with zero attached hydrogens (tertiary/aromatic N) is 4. The van der Waals surface area contributed by atoms with Gasteiger partial charge in [-0.2, -0.15) is 10.2 Å². The lowest BCUT2D eigenvalue weighted by Gasteiger charge is -2.10. The topological polar surface area (TPSA) is 52.7 Å². The molecule has 4 aromatic rings. The van der Waals surface area contributed by atoms with E-state index in [4.69, 9.17) is 0 Å². The van der Waals surface area contributed by atoms with E-state index in [2.05, 4.69) is 46.0 Å². The Morgan fingerprint density at radius 2 is 1.74 bits per heavy atom. The summed E-state index contributed by atoms with van der Waals surface area (Å²) in [5, 5.41) is 9.75. The van der Waals surface area contributed by atoms with Crippen molar-refractivity contribution >= 4 is 26.8 Å². The highest BCUT2D eigenvalue weighted by atomic mass is 79.9. The standard InChI is InChI=1S/C21H19BrN4O/c1-13-4-9-18(10-14(13)2)26-20-19(11-23-26)15(3)24-25(21(20)27)12-16-5-7-17(22)8-6-16/h4-11H,12H2,1-3H3. The highest BCUT2D eigenvalue weighted by Gasteiger charge is 2.15. The molecule has 0 amide bonds. The summed E-state index contributed by atoms with van der Waals surface area (Å²) >= 11 is 3.43. The highest BCUT2D eigenvalue weighted by Crippen LogP contribution is 2.20. The summed E-state index contributed by atoms with van der Waals surface area (Å²) < 4.78 is 4.24. The average molecular weight is 423 g/mol. The van der Waals surface area contributed by atoms with E-state index in [-0.39, 0.29) is 5.56 Å². The predicted octanol–water partition coefficient (Wildman–Crippen LogP) is 4.32. The Hall–Kier alpha value is -2.73. The molecule has 2 heterocycles. The predicted molar refractivity (Wildman–Crippen MR) is 111 cm³/mol. The second-order valence-electron chi connectivity index (χ2n) is 6.76. The van der Waals surface area contributed by atoms with Crippen LogP contribution in [-0.4, -0.2) is 19.6 Å². The number of hydrogen-bond acceptors (Lipinski definition) is 3. The van der Waals surface area contributed by atoms with Crippen molar-refractivity contribution in [2.24, 2.45) is 0 Å². The summed E-state index contributed by atoms with van der Waals surface area (Å²) in [6.07, 6.45) is 1.72. The Morgan fingerprint density at radius 1 is 1.00 bits per heavy atom. The second kappa shape index (κ2) is 6.78. The molecule has 5 nitrogen and oxygen atoms in total. The van der Waals surface area contributed by atoms with Gasteiger partial charge in [0, 0.05) is 9.86 Å². The maximum absolute atomic E-state index is 13.2. The molecule has 2 aromatic carbocycles. The Labute approximate surface area is 165 Å². The minimum absolute atomic E-state index is 0.144. The number of rotatable bonds is 3. The normalized spacial score (nSPS) is 11.3. The van der Waals surface area contributed by atoms with Gasteiger partial charge >= 0.3 is 0 Å². The van der Waals surface area contributed by atoms with Crippen molar-refractivity contribution in [2.45, 2.75) is 27.3 Å². The van der Waals surface area contributed by atoms with Gasteiger partial charge in [-0.3, -0.25) is 4.79 Å². The molecule has 2 aromatic heterocycles. The summed E-state index contributed by atoms with van der Waals surface area (Å²) in [6, 6.07) is 14.0. The molecule has 0 saturated carbocycles. The van der Waals surface area contributed by atoms with Crippen LogP contribution >= 0.6 is 15.9 Å². The monoisotopic (exact) mass is 422 g/mol. The van der Waals surface area contributed by atoms with Gasteiger partial charge in [0.15, 0.2) is 0 Å². The molecule has 0 saturated heterocycles. The fraction of sp³-hybridized carbons (Fsp3) is 0.190. The summed E-state index contributed by atoms with van der Waals surface area (Å²) in [5.41, 5.74) is 5.47. The summed E-state index contributed by atoms with van der Waals surface area (Å²) in [4.78, 5) is 13.2. The van der Waals surface area contributed by atoms with Crippen LogP contribution in [0.3, 0.4) is 0 Å². The van der Waals surface area contributed by atoms with Crippen LogP contribution in [0.2, 0.25) is 0 Å². The molecule has 0 radical (unpaired) electrons. The van der Waals surface area contributed by atoms with Gasteiger partial charge in [-0.15, -0.1) is 0 Å². The van der Waals surface area contributed by atoms with Crippen LogP contribution in [0.5, 0.6) is 0 Å². The molecule has 0 aliphatic carbocycles. The van der Waals surface area contributed by atoms with Gasteiger partial charge in [-0.1, -0.05) is 34.1 Å². The first-order chi connectivity index (χ1) is 12.9. The Kier molecular flexibility index (Phi) is 4.44. The van der Waals surface area contributed by atoms with E-state index < -0.39 is 0 Å². The molecule has 136 valence electrons. The van der Waals surface area contributed by atoms with Crippen LogP contribution in [0.25, 0.3) is 16.6 Å². The van der Waals surface area contributed by atoms with Gasteiger partial charge in [0.25, 0.3) is 5.56 Å². The van der Waals surface area contributed by atoms with Gasteiger partial charge in [-0.05, 0) is 61.7 Å². The lowest BCUT2D eigenvalue weighted by atomic mass is 10.1. The average Bonchev–Trinajstić information content (AvgIpc) is 3.09. The van der Waals surface area contributed by atoms with Crippen molar-refractivity contribution in [1.82, 2.24) is 19.6 Å². The molecular formula is C21H19BrN4O. The van der Waals surface area contributed by atoms with Crippen molar-refractivity contribution in [3.05, 3.63) is 85.9 Å². The number of halogens is 1. The van der Waals surface area contributed by atoms with Gasteiger partial charge in [-0.25, -0.2) is 9.36 Å². The van der Waals surface area contributed by atoms with Crippen LogP contribution < -0.4 is 5.56 Å². The fourth-order valence-corrected chi connectivity index (χ4v) is 3.41. The van der Waals surface area contributed by atoms with Crippen LogP contribution in [-0.2, 0) is 6.54 Å². The lowest BCUT2D eigenvalue weighted by molar-refractivity contribution is 0.634. The minimum atomic E-state index is -0.144. The van der Waals surface area contributed by atoms with Crippen LogP contribution in [0.4, 0.5) is 0 Å². The SMILES string of the molecule is Cc1ccc(-n2ncc3c(C)nn(Cc4ccc(Br)cc4)c(=O)c32)cc1C. The van der Waals surface area contributed by atoms with Gasteiger partial charge in [0.05, 0.1) is 24.1 Å². The van der Waals surface area contributed by atoms with Crippen LogP contribution in [0.15, 0.2) is 57.9 Å². The molecule has 0 atom stereocenters. The van der Waals surface area contributed by atoms with Crippen LogP contribution in [0.1, 0.15) is 22.4 Å². The van der Waals surface area contributed by atoms with E-state index in [0.717, 1.165) is 32.4 Å². The van der Waals surface area contributed by atoms with Crippen molar-refractivity contribution in [3.63, 3.8) is 0 Å². The zero-order valence-corrected chi connectivity index (χ0v) is 17.0. The third-order valence-corrected chi connectivity index (χ3v) is 5.38. The highest BCUT2D eigenvalue weighted by molar-refractivity contribution is 9.10. The quantitative estimate of drug-likeness (QED) is 0.493. The molecule has 0 unspecified atom stereocenters. The maximum Gasteiger partial charge on any atom is 0.293 e. The summed E-state index contributed by atoms with van der Waals surface area (Å²) in [6.45, 7) is 6.45. The molecule has 0 N–H and O–H groups in total. The second-order valence-corrected chi connectivity index (χ2v) is 7.68. The van der Waals surface area contributed by atoms with E-state index in [1.807, 2.05) is 43.3 Å². The Morgan fingerprint density at radius 3 is 2.44 bits per heavy atom. The molecule has 0 spiro atoms. The Bertz CT molecular complexity index is 1210. The van der Waals surface area contributed by atoms with E-state index in [1.165, 1.54) is 10.2 Å². The summed E-state index contributed by atoms with van der Waals surface area (Å²) in [7, 11) is 0. The Balaban J connectivity index is 1.88. The molecule has 0 aliphatic rings. The van der Waals surface area contributed by atoms with E-state index in [0.29, 0.717) is 12.1 Å². The molecule has 0 bridgehead atoms. The van der Waals surface area contributed by atoms with Crippen LogP contribution in [0, 0.1) is 20.8 Å². The zero-order chi connectivity index (χ0) is 19.1. The number of aryl methyl sites for hydroxylation is 3. The zero-order valence-electron chi connectivity index (χ0n) is 15.4. The van der Waals surface area contributed by atoms with Crippen molar-refractivity contribution in [1.29, 1.82) is 0 Å². The largest absolute Gasteiger partial charge is 0.293 e. The number of aromatic nitrogens is 4.